The fourth-order valence-corrected chi connectivity index (χ4v) is 1.87. The Morgan fingerprint density at radius 3 is 2.75 bits per heavy atom. The summed E-state index contributed by atoms with van der Waals surface area (Å²) in [6.45, 7) is 6.38. The standard InChI is InChI=1S/C12H25N3O/c1-10(2)9-16-8-7-14-12(13)15-11-5-3-4-6-11/h10-11H,3-9H2,1-2H3,(H3,13,14,15). The Morgan fingerprint density at radius 2 is 2.12 bits per heavy atom. The van der Waals surface area contributed by atoms with Crippen molar-refractivity contribution < 1.29 is 4.74 Å². The van der Waals surface area contributed by atoms with Gasteiger partial charge in [-0.25, -0.2) is 0 Å². The molecule has 1 saturated carbocycles. The van der Waals surface area contributed by atoms with Gasteiger partial charge in [0.2, 0.25) is 0 Å². The first-order valence-corrected chi connectivity index (χ1v) is 6.32. The Bertz CT molecular complexity index is 210. The van der Waals surface area contributed by atoms with E-state index in [1.165, 1.54) is 25.7 Å². The van der Waals surface area contributed by atoms with Gasteiger partial charge in [0.1, 0.15) is 0 Å². The number of nitrogens with two attached hydrogens (primary N) is 1. The molecule has 0 aliphatic heterocycles. The van der Waals surface area contributed by atoms with Crippen LogP contribution in [0, 0.1) is 5.92 Å². The van der Waals surface area contributed by atoms with Crippen molar-refractivity contribution in [3.63, 3.8) is 0 Å². The van der Waals surface area contributed by atoms with E-state index in [0.717, 1.165) is 6.61 Å². The van der Waals surface area contributed by atoms with Crippen LogP contribution < -0.4 is 11.1 Å². The number of rotatable bonds is 6. The number of aliphatic imine (C=N–C) groups is 1. The third-order valence-corrected chi connectivity index (χ3v) is 2.68. The normalized spacial score (nSPS) is 18.3. The summed E-state index contributed by atoms with van der Waals surface area (Å²) < 4.78 is 5.43. The average Bonchev–Trinajstić information content (AvgIpc) is 2.69. The van der Waals surface area contributed by atoms with E-state index < -0.39 is 0 Å². The smallest absolute Gasteiger partial charge is 0.188 e. The lowest BCUT2D eigenvalue weighted by molar-refractivity contribution is 0.117. The molecule has 1 rings (SSSR count). The first-order valence-electron chi connectivity index (χ1n) is 6.32. The molecule has 94 valence electrons. The molecule has 3 N–H and O–H groups in total. The summed E-state index contributed by atoms with van der Waals surface area (Å²) >= 11 is 0. The van der Waals surface area contributed by atoms with Crippen molar-refractivity contribution in [2.24, 2.45) is 16.6 Å². The number of nitrogens with one attached hydrogen (secondary N) is 1. The molecule has 0 atom stereocenters. The third-order valence-electron chi connectivity index (χ3n) is 2.68. The molecule has 0 unspecified atom stereocenters. The van der Waals surface area contributed by atoms with Gasteiger partial charge in [0.25, 0.3) is 0 Å². The quantitative estimate of drug-likeness (QED) is 0.411. The highest BCUT2D eigenvalue weighted by Gasteiger charge is 2.14. The van der Waals surface area contributed by atoms with Crippen LogP contribution in [0.5, 0.6) is 0 Å². The van der Waals surface area contributed by atoms with Crippen LogP contribution in [0.2, 0.25) is 0 Å². The molecule has 16 heavy (non-hydrogen) atoms. The molecule has 0 aromatic carbocycles. The van der Waals surface area contributed by atoms with Crippen LogP contribution in [-0.4, -0.2) is 31.8 Å². The second-order valence-corrected chi connectivity index (χ2v) is 4.86. The first-order chi connectivity index (χ1) is 7.68. The summed E-state index contributed by atoms with van der Waals surface area (Å²) in [7, 11) is 0. The van der Waals surface area contributed by atoms with Crippen molar-refractivity contribution in [3.8, 4) is 0 Å². The Hall–Kier alpha value is -0.770. The maximum atomic E-state index is 5.78. The maximum Gasteiger partial charge on any atom is 0.188 e. The van der Waals surface area contributed by atoms with E-state index >= 15 is 0 Å². The Morgan fingerprint density at radius 1 is 1.44 bits per heavy atom. The lowest BCUT2D eigenvalue weighted by Gasteiger charge is -2.12. The molecule has 0 aromatic rings. The summed E-state index contributed by atoms with van der Waals surface area (Å²) in [4.78, 5) is 4.24. The van der Waals surface area contributed by atoms with Crippen LogP contribution in [0.3, 0.4) is 0 Å². The van der Waals surface area contributed by atoms with Crippen molar-refractivity contribution in [3.05, 3.63) is 0 Å². The van der Waals surface area contributed by atoms with Crippen LogP contribution in [0.4, 0.5) is 0 Å². The predicted octanol–water partition coefficient (Wildman–Crippen LogP) is 1.51. The zero-order valence-corrected chi connectivity index (χ0v) is 10.5. The monoisotopic (exact) mass is 227 g/mol. The van der Waals surface area contributed by atoms with Crippen molar-refractivity contribution in [2.75, 3.05) is 19.8 Å². The van der Waals surface area contributed by atoms with E-state index in [1.54, 1.807) is 0 Å². The number of hydrogen-bond donors (Lipinski definition) is 2. The Labute approximate surface area is 98.6 Å². The van der Waals surface area contributed by atoms with Gasteiger partial charge in [0, 0.05) is 12.6 Å². The number of nitrogens with zero attached hydrogens (tertiary/aromatic N) is 1. The zero-order chi connectivity index (χ0) is 11.8. The fourth-order valence-electron chi connectivity index (χ4n) is 1.87. The highest BCUT2D eigenvalue weighted by Crippen LogP contribution is 2.17. The third kappa shape index (κ3) is 5.95. The maximum absolute atomic E-state index is 5.78. The summed E-state index contributed by atoms with van der Waals surface area (Å²) in [6.07, 6.45) is 5.06. The van der Waals surface area contributed by atoms with Crippen molar-refractivity contribution in [1.29, 1.82) is 0 Å². The molecule has 0 spiro atoms. The van der Waals surface area contributed by atoms with Gasteiger partial charge in [0.15, 0.2) is 5.96 Å². The molecule has 4 nitrogen and oxygen atoms in total. The molecule has 0 aromatic heterocycles. The minimum atomic E-state index is 0.542. The molecule has 0 bridgehead atoms. The molecule has 0 radical (unpaired) electrons. The predicted molar refractivity (Wildman–Crippen MR) is 67.5 cm³/mol. The van der Waals surface area contributed by atoms with Gasteiger partial charge in [-0.1, -0.05) is 26.7 Å². The second kappa shape index (κ2) is 7.49. The van der Waals surface area contributed by atoms with Gasteiger partial charge in [0.05, 0.1) is 13.2 Å². The first kappa shape index (κ1) is 13.3. The van der Waals surface area contributed by atoms with Crippen LogP contribution in [-0.2, 0) is 4.74 Å². The van der Waals surface area contributed by atoms with Gasteiger partial charge in [-0.15, -0.1) is 0 Å². The van der Waals surface area contributed by atoms with E-state index in [2.05, 4.69) is 24.2 Å². The van der Waals surface area contributed by atoms with E-state index in [-0.39, 0.29) is 0 Å². The molecule has 1 fully saturated rings. The van der Waals surface area contributed by atoms with Crippen LogP contribution >= 0.6 is 0 Å². The van der Waals surface area contributed by atoms with Crippen molar-refractivity contribution >= 4 is 5.96 Å². The Balaban J connectivity index is 2.04. The Kier molecular flexibility index (Phi) is 6.23. The summed E-state index contributed by atoms with van der Waals surface area (Å²) in [5.41, 5.74) is 5.78. The van der Waals surface area contributed by atoms with Gasteiger partial charge in [-0.05, 0) is 18.8 Å². The fraction of sp³-hybridized carbons (Fsp3) is 0.917. The minimum absolute atomic E-state index is 0.542. The van der Waals surface area contributed by atoms with Gasteiger partial charge < -0.3 is 15.8 Å². The summed E-state index contributed by atoms with van der Waals surface area (Å²) in [5, 5.41) is 3.25. The van der Waals surface area contributed by atoms with Crippen molar-refractivity contribution in [1.82, 2.24) is 5.32 Å². The SMILES string of the molecule is CC(C)COCCN=C(N)NC1CCCC1. The number of hydrogen-bond acceptors (Lipinski definition) is 2. The van der Waals surface area contributed by atoms with Crippen LogP contribution in [0.15, 0.2) is 4.99 Å². The van der Waals surface area contributed by atoms with Gasteiger partial charge in [-0.2, -0.15) is 0 Å². The molecule has 0 saturated heterocycles. The summed E-state index contributed by atoms with van der Waals surface area (Å²) in [6, 6.07) is 0.542. The molecular formula is C12H25N3O. The van der Waals surface area contributed by atoms with E-state index in [9.17, 15) is 0 Å². The second-order valence-electron chi connectivity index (χ2n) is 4.86. The average molecular weight is 227 g/mol. The van der Waals surface area contributed by atoms with E-state index in [0.29, 0.717) is 31.1 Å². The molecule has 0 amide bonds. The summed E-state index contributed by atoms with van der Waals surface area (Å²) in [5.74, 6) is 1.15. The molecule has 1 aliphatic carbocycles. The topological polar surface area (TPSA) is 59.6 Å². The van der Waals surface area contributed by atoms with Crippen LogP contribution in [0.1, 0.15) is 39.5 Å². The molecule has 0 heterocycles. The largest absolute Gasteiger partial charge is 0.379 e. The highest BCUT2D eigenvalue weighted by molar-refractivity contribution is 5.78. The number of guanidine groups is 1. The van der Waals surface area contributed by atoms with Crippen molar-refractivity contribution in [2.45, 2.75) is 45.6 Å². The van der Waals surface area contributed by atoms with Gasteiger partial charge >= 0.3 is 0 Å². The highest BCUT2D eigenvalue weighted by atomic mass is 16.5. The van der Waals surface area contributed by atoms with Gasteiger partial charge in [-0.3, -0.25) is 4.99 Å². The molecular weight excluding hydrogens is 202 g/mol. The van der Waals surface area contributed by atoms with Crippen LogP contribution in [0.25, 0.3) is 0 Å². The zero-order valence-electron chi connectivity index (χ0n) is 10.5. The number of ether oxygens (including phenoxy) is 1. The van der Waals surface area contributed by atoms with E-state index in [1.807, 2.05) is 0 Å². The van der Waals surface area contributed by atoms with E-state index in [4.69, 9.17) is 10.5 Å². The lowest BCUT2D eigenvalue weighted by Crippen LogP contribution is -2.38. The minimum Gasteiger partial charge on any atom is -0.379 e. The molecule has 1 aliphatic rings. The molecule has 4 heteroatoms. The lowest BCUT2D eigenvalue weighted by atomic mass is 10.2.